The van der Waals surface area contributed by atoms with E-state index in [9.17, 15) is 0 Å². The molecule has 2 aromatic rings. The van der Waals surface area contributed by atoms with Crippen molar-refractivity contribution in [3.05, 3.63) is 53.1 Å². The Labute approximate surface area is 174 Å². The molecule has 2 rings (SSSR count). The number of hydrogen-bond donors (Lipinski definition) is 2. The second-order valence-corrected chi connectivity index (χ2v) is 7.89. The third kappa shape index (κ3) is 7.22. The molecule has 0 amide bonds. The van der Waals surface area contributed by atoms with Gasteiger partial charge in [-0.1, -0.05) is 18.2 Å². The number of aryl methyl sites for hydroxylation is 1. The van der Waals surface area contributed by atoms with Crippen LogP contribution in [0, 0.1) is 6.92 Å². The highest BCUT2D eigenvalue weighted by Crippen LogP contribution is 2.27. The third-order valence-electron chi connectivity index (χ3n) is 4.23. The molecule has 0 atom stereocenters. The van der Waals surface area contributed by atoms with Crippen molar-refractivity contribution in [1.29, 1.82) is 0 Å². The predicted molar refractivity (Wildman–Crippen MR) is 118 cm³/mol. The van der Waals surface area contributed by atoms with E-state index in [1.54, 1.807) is 14.2 Å². The van der Waals surface area contributed by atoms with E-state index < -0.39 is 0 Å². The molecule has 2 aromatic carbocycles. The minimum atomic E-state index is -0.268. The van der Waals surface area contributed by atoms with E-state index in [-0.39, 0.29) is 5.60 Å². The molecule has 6 heteroatoms. The monoisotopic (exact) mass is 399 g/mol. The molecule has 0 aliphatic rings. The highest BCUT2D eigenvalue weighted by Gasteiger charge is 2.14. The number of hydrogen-bond acceptors (Lipinski definition) is 4. The Bertz CT molecular complexity index is 842. The van der Waals surface area contributed by atoms with Gasteiger partial charge in [-0.2, -0.15) is 0 Å². The van der Waals surface area contributed by atoms with Crippen LogP contribution >= 0.6 is 0 Å². The number of aliphatic imine (C=N–C) groups is 1. The average molecular weight is 400 g/mol. The number of ether oxygens (including phenoxy) is 3. The van der Waals surface area contributed by atoms with E-state index in [4.69, 9.17) is 19.9 Å². The van der Waals surface area contributed by atoms with Crippen LogP contribution in [0.4, 0.5) is 0 Å². The van der Waals surface area contributed by atoms with Gasteiger partial charge >= 0.3 is 0 Å². The van der Waals surface area contributed by atoms with Crippen LogP contribution in [0.3, 0.4) is 0 Å². The van der Waals surface area contributed by atoms with Crippen molar-refractivity contribution in [2.45, 2.75) is 46.3 Å². The molecule has 6 nitrogen and oxygen atoms in total. The van der Waals surface area contributed by atoms with Crippen LogP contribution in [0.2, 0.25) is 0 Å². The Morgan fingerprint density at radius 3 is 2.38 bits per heavy atom. The maximum absolute atomic E-state index is 6.07. The van der Waals surface area contributed by atoms with Crippen molar-refractivity contribution in [3.8, 4) is 17.2 Å². The van der Waals surface area contributed by atoms with Crippen LogP contribution < -0.4 is 25.3 Å². The summed E-state index contributed by atoms with van der Waals surface area (Å²) >= 11 is 0. The summed E-state index contributed by atoms with van der Waals surface area (Å²) in [6, 6.07) is 12.0. The minimum Gasteiger partial charge on any atom is -0.493 e. The highest BCUT2D eigenvalue weighted by molar-refractivity contribution is 5.77. The molecule has 0 aromatic heterocycles. The van der Waals surface area contributed by atoms with E-state index in [1.807, 2.05) is 58.0 Å². The summed E-state index contributed by atoms with van der Waals surface area (Å²) < 4.78 is 16.7. The number of methoxy groups -OCH3 is 2. The SMILES string of the molecule is COc1ccc(CCNC(N)=NCc2ccc(C)cc2OC(C)(C)C)cc1OC. The van der Waals surface area contributed by atoms with Gasteiger partial charge in [0, 0.05) is 12.1 Å². The van der Waals surface area contributed by atoms with Gasteiger partial charge in [-0.05, 0) is 63.4 Å². The standard InChI is InChI=1S/C23H33N3O3/c1-16-7-9-18(20(13-16)29-23(2,3)4)15-26-22(24)25-12-11-17-8-10-19(27-5)21(14-17)28-6/h7-10,13-14H,11-12,15H2,1-6H3,(H3,24,25,26). The van der Waals surface area contributed by atoms with Crippen molar-refractivity contribution in [1.82, 2.24) is 5.32 Å². The lowest BCUT2D eigenvalue weighted by Gasteiger charge is -2.23. The second kappa shape index (κ2) is 10.0. The van der Waals surface area contributed by atoms with Crippen LogP contribution in [-0.2, 0) is 13.0 Å². The Morgan fingerprint density at radius 1 is 1.00 bits per heavy atom. The fourth-order valence-corrected chi connectivity index (χ4v) is 2.81. The molecule has 0 bridgehead atoms. The summed E-state index contributed by atoms with van der Waals surface area (Å²) in [7, 11) is 3.26. The number of guanidine groups is 1. The van der Waals surface area contributed by atoms with Crippen LogP contribution in [0.5, 0.6) is 17.2 Å². The molecule has 0 fully saturated rings. The summed E-state index contributed by atoms with van der Waals surface area (Å²) in [5, 5.41) is 3.16. The molecule has 0 saturated heterocycles. The van der Waals surface area contributed by atoms with E-state index in [2.05, 4.69) is 16.4 Å². The van der Waals surface area contributed by atoms with E-state index in [0.29, 0.717) is 19.0 Å². The van der Waals surface area contributed by atoms with Crippen molar-refractivity contribution >= 4 is 5.96 Å². The first kappa shape index (κ1) is 22.4. The normalized spacial score (nSPS) is 11.9. The zero-order valence-electron chi connectivity index (χ0n) is 18.3. The zero-order chi connectivity index (χ0) is 21.4. The van der Waals surface area contributed by atoms with Crippen LogP contribution in [0.1, 0.15) is 37.5 Å². The quantitative estimate of drug-likeness (QED) is 0.521. The van der Waals surface area contributed by atoms with E-state index >= 15 is 0 Å². The molecular formula is C23H33N3O3. The van der Waals surface area contributed by atoms with E-state index in [0.717, 1.165) is 40.4 Å². The zero-order valence-corrected chi connectivity index (χ0v) is 18.3. The summed E-state index contributed by atoms with van der Waals surface area (Å²) in [5.41, 5.74) is 9.07. The molecule has 29 heavy (non-hydrogen) atoms. The molecule has 0 heterocycles. The fraction of sp³-hybridized carbons (Fsp3) is 0.435. The lowest BCUT2D eigenvalue weighted by molar-refractivity contribution is 0.129. The Kier molecular flexibility index (Phi) is 7.76. The van der Waals surface area contributed by atoms with E-state index in [1.165, 1.54) is 0 Å². The Balaban J connectivity index is 1.94. The van der Waals surface area contributed by atoms with Gasteiger partial charge in [-0.15, -0.1) is 0 Å². The van der Waals surface area contributed by atoms with Gasteiger partial charge in [-0.25, -0.2) is 4.99 Å². The predicted octanol–water partition coefficient (Wildman–Crippen LogP) is 3.84. The van der Waals surface area contributed by atoms with Gasteiger partial charge in [-0.3, -0.25) is 0 Å². The Hall–Kier alpha value is -2.89. The van der Waals surface area contributed by atoms with Gasteiger partial charge in [0.1, 0.15) is 11.4 Å². The van der Waals surface area contributed by atoms with Crippen molar-refractivity contribution in [2.75, 3.05) is 20.8 Å². The lowest BCUT2D eigenvalue weighted by Crippen LogP contribution is -2.33. The number of benzene rings is 2. The summed E-state index contributed by atoms with van der Waals surface area (Å²) in [6.45, 7) is 9.28. The van der Waals surface area contributed by atoms with Crippen LogP contribution in [0.15, 0.2) is 41.4 Å². The Morgan fingerprint density at radius 2 is 1.72 bits per heavy atom. The third-order valence-corrected chi connectivity index (χ3v) is 4.23. The van der Waals surface area contributed by atoms with Gasteiger partial charge in [0.15, 0.2) is 17.5 Å². The van der Waals surface area contributed by atoms with Gasteiger partial charge < -0.3 is 25.3 Å². The molecule has 0 radical (unpaired) electrons. The van der Waals surface area contributed by atoms with Crippen LogP contribution in [0.25, 0.3) is 0 Å². The molecular weight excluding hydrogens is 366 g/mol. The summed E-state index contributed by atoms with van der Waals surface area (Å²) in [4.78, 5) is 4.47. The average Bonchev–Trinajstić information content (AvgIpc) is 2.66. The maximum Gasteiger partial charge on any atom is 0.188 e. The molecule has 0 spiro atoms. The maximum atomic E-state index is 6.07. The number of nitrogens with zero attached hydrogens (tertiary/aromatic N) is 1. The smallest absolute Gasteiger partial charge is 0.188 e. The fourth-order valence-electron chi connectivity index (χ4n) is 2.81. The first-order chi connectivity index (χ1) is 13.7. The minimum absolute atomic E-state index is 0.268. The van der Waals surface area contributed by atoms with Crippen molar-refractivity contribution in [3.63, 3.8) is 0 Å². The van der Waals surface area contributed by atoms with Gasteiger partial charge in [0.25, 0.3) is 0 Å². The number of nitrogens with one attached hydrogen (secondary N) is 1. The first-order valence-corrected chi connectivity index (χ1v) is 9.75. The molecule has 0 aliphatic heterocycles. The molecule has 3 N–H and O–H groups in total. The number of rotatable bonds is 8. The summed E-state index contributed by atoms with van der Waals surface area (Å²) in [5.74, 6) is 2.70. The van der Waals surface area contributed by atoms with Crippen molar-refractivity contribution < 1.29 is 14.2 Å². The molecule has 158 valence electrons. The molecule has 0 saturated carbocycles. The molecule has 0 unspecified atom stereocenters. The highest BCUT2D eigenvalue weighted by atomic mass is 16.5. The summed E-state index contributed by atoms with van der Waals surface area (Å²) in [6.07, 6.45) is 0.791. The van der Waals surface area contributed by atoms with Gasteiger partial charge in [0.05, 0.1) is 20.8 Å². The van der Waals surface area contributed by atoms with Gasteiger partial charge in [0.2, 0.25) is 0 Å². The van der Waals surface area contributed by atoms with Crippen LogP contribution in [-0.4, -0.2) is 32.3 Å². The second-order valence-electron chi connectivity index (χ2n) is 7.89. The lowest BCUT2D eigenvalue weighted by atomic mass is 10.1. The number of nitrogens with two attached hydrogens (primary N) is 1. The topological polar surface area (TPSA) is 78.1 Å². The molecule has 0 aliphatic carbocycles. The first-order valence-electron chi connectivity index (χ1n) is 9.75. The largest absolute Gasteiger partial charge is 0.493 e. The van der Waals surface area contributed by atoms with Crippen molar-refractivity contribution in [2.24, 2.45) is 10.7 Å².